The van der Waals surface area contributed by atoms with Gasteiger partial charge >= 0.3 is 0 Å². The Morgan fingerprint density at radius 3 is 2.92 bits per heavy atom. The van der Waals surface area contributed by atoms with Crippen LogP contribution >= 0.6 is 11.3 Å². The molecule has 3 N–H and O–H groups in total. The van der Waals surface area contributed by atoms with Crippen LogP contribution in [0.4, 0.5) is 5.95 Å². The zero-order valence-electron chi connectivity index (χ0n) is 15.4. The number of carbonyl (C=O) groups is 1. The molecule has 3 rings (SSSR count). The number of anilines is 1. The van der Waals surface area contributed by atoms with Crippen LogP contribution in [0.15, 0.2) is 23.0 Å². The largest absolute Gasteiger partial charge is 0.369 e. The molecule has 1 saturated heterocycles. The van der Waals surface area contributed by atoms with Gasteiger partial charge in [-0.1, -0.05) is 13.8 Å². The summed E-state index contributed by atoms with van der Waals surface area (Å²) in [5.41, 5.74) is 5.99. The maximum Gasteiger partial charge on any atom is 0.263 e. The second-order valence-corrected chi connectivity index (χ2v) is 8.20. The molecule has 26 heavy (non-hydrogen) atoms. The molecule has 8 heteroatoms. The molecule has 1 aliphatic rings. The number of aromatic amines is 1. The van der Waals surface area contributed by atoms with E-state index in [2.05, 4.69) is 28.7 Å². The van der Waals surface area contributed by atoms with Crippen molar-refractivity contribution in [2.75, 3.05) is 25.9 Å². The molecule has 0 bridgehead atoms. The number of thiophene rings is 1. The van der Waals surface area contributed by atoms with Crippen molar-refractivity contribution < 1.29 is 4.79 Å². The lowest BCUT2D eigenvalue weighted by Crippen LogP contribution is -2.36. The van der Waals surface area contributed by atoms with Crippen molar-refractivity contribution in [3.63, 3.8) is 0 Å². The van der Waals surface area contributed by atoms with E-state index < -0.39 is 0 Å². The van der Waals surface area contributed by atoms with Gasteiger partial charge in [-0.2, -0.15) is 0 Å². The third-order valence-electron chi connectivity index (χ3n) is 4.70. The third-order valence-corrected chi connectivity index (χ3v) is 6.08. The third kappa shape index (κ3) is 4.13. The zero-order valence-corrected chi connectivity index (χ0v) is 16.2. The fraction of sp³-hybridized carbons (Fsp3) is 0.500. The van der Waals surface area contributed by atoms with Crippen LogP contribution in [0.5, 0.6) is 0 Å². The van der Waals surface area contributed by atoms with Gasteiger partial charge in [-0.3, -0.25) is 19.5 Å². The molecule has 1 fully saturated rings. The average molecular weight is 375 g/mol. The summed E-state index contributed by atoms with van der Waals surface area (Å²) in [5, 5.41) is 0. The maximum atomic E-state index is 12.7. The van der Waals surface area contributed by atoms with E-state index in [9.17, 15) is 9.59 Å². The van der Waals surface area contributed by atoms with Gasteiger partial charge in [0.25, 0.3) is 11.5 Å². The first kappa shape index (κ1) is 18.6. The van der Waals surface area contributed by atoms with E-state index in [1.165, 1.54) is 10.9 Å². The van der Waals surface area contributed by atoms with Crippen LogP contribution in [-0.2, 0) is 6.54 Å². The minimum Gasteiger partial charge on any atom is -0.369 e. The summed E-state index contributed by atoms with van der Waals surface area (Å²) in [6, 6.07) is 5.68. The number of nitrogen functional groups attached to an aromatic ring is 1. The van der Waals surface area contributed by atoms with Crippen molar-refractivity contribution in [2.24, 2.45) is 0 Å². The highest BCUT2D eigenvalue weighted by Crippen LogP contribution is 2.27. The predicted molar refractivity (Wildman–Crippen MR) is 103 cm³/mol. The van der Waals surface area contributed by atoms with Gasteiger partial charge in [-0.25, -0.2) is 4.98 Å². The highest BCUT2D eigenvalue weighted by Gasteiger charge is 2.30. The summed E-state index contributed by atoms with van der Waals surface area (Å²) in [6.45, 7) is 6.22. The van der Waals surface area contributed by atoms with E-state index in [1.54, 1.807) is 11.3 Å². The first-order chi connectivity index (χ1) is 12.3. The second kappa shape index (κ2) is 7.59. The smallest absolute Gasteiger partial charge is 0.263 e. The molecule has 1 amide bonds. The number of rotatable bonds is 5. The summed E-state index contributed by atoms with van der Waals surface area (Å²) in [5.74, 6) is 0.673. The lowest BCUT2D eigenvalue weighted by Gasteiger charge is -2.24. The Bertz CT molecular complexity index is 844. The van der Waals surface area contributed by atoms with Crippen LogP contribution in [0.25, 0.3) is 0 Å². The first-order valence-electron chi connectivity index (χ1n) is 8.78. The molecule has 0 aliphatic carbocycles. The number of likely N-dealkylation sites (tertiary alicyclic amines) is 1. The van der Waals surface area contributed by atoms with Gasteiger partial charge in [0.15, 0.2) is 0 Å². The van der Waals surface area contributed by atoms with Gasteiger partial charge in [-0.15, -0.1) is 11.3 Å². The Hall–Kier alpha value is -2.19. The Balaban J connectivity index is 1.61. The zero-order chi connectivity index (χ0) is 18.8. The molecule has 1 aliphatic heterocycles. The van der Waals surface area contributed by atoms with Crippen molar-refractivity contribution >= 4 is 23.2 Å². The first-order valence-corrected chi connectivity index (χ1v) is 9.60. The van der Waals surface area contributed by atoms with Crippen LogP contribution in [0.1, 0.15) is 46.4 Å². The second-order valence-electron chi connectivity index (χ2n) is 7.09. The van der Waals surface area contributed by atoms with Crippen LogP contribution < -0.4 is 11.3 Å². The van der Waals surface area contributed by atoms with Crippen molar-refractivity contribution in [3.8, 4) is 0 Å². The molecule has 3 heterocycles. The number of aromatic nitrogens is 2. The van der Waals surface area contributed by atoms with Crippen molar-refractivity contribution in [3.05, 3.63) is 44.0 Å². The van der Waals surface area contributed by atoms with Gasteiger partial charge in [0.05, 0.1) is 10.6 Å². The number of hydrogen-bond acceptors (Lipinski definition) is 6. The lowest BCUT2D eigenvalue weighted by atomic mass is 10.2. The Morgan fingerprint density at radius 1 is 1.50 bits per heavy atom. The summed E-state index contributed by atoms with van der Waals surface area (Å²) in [6.07, 6.45) is 0.906. The highest BCUT2D eigenvalue weighted by atomic mass is 32.1. The number of nitrogens with two attached hydrogens (primary N) is 1. The van der Waals surface area contributed by atoms with Crippen molar-refractivity contribution in [2.45, 2.75) is 38.8 Å². The fourth-order valence-corrected chi connectivity index (χ4v) is 4.19. The summed E-state index contributed by atoms with van der Waals surface area (Å²) < 4.78 is 0. The Kier molecular flexibility index (Phi) is 5.43. The molecule has 2 aromatic rings. The molecular weight excluding hydrogens is 350 g/mol. The van der Waals surface area contributed by atoms with E-state index in [-0.39, 0.29) is 23.5 Å². The molecule has 0 spiro atoms. The molecule has 0 saturated carbocycles. The minimum atomic E-state index is -0.247. The summed E-state index contributed by atoms with van der Waals surface area (Å²) in [4.78, 5) is 37.0. The van der Waals surface area contributed by atoms with Crippen LogP contribution in [0, 0.1) is 0 Å². The maximum absolute atomic E-state index is 12.7. The normalized spacial score (nSPS) is 17.4. The van der Waals surface area contributed by atoms with E-state index >= 15 is 0 Å². The van der Waals surface area contributed by atoms with E-state index in [1.807, 2.05) is 24.1 Å². The van der Waals surface area contributed by atoms with E-state index in [0.717, 1.165) is 17.8 Å². The molecule has 0 radical (unpaired) electrons. The number of carbonyl (C=O) groups excluding carboxylic acids is 1. The van der Waals surface area contributed by atoms with E-state index in [0.29, 0.717) is 24.7 Å². The summed E-state index contributed by atoms with van der Waals surface area (Å²) in [7, 11) is 1.99. The molecule has 7 nitrogen and oxygen atoms in total. The summed E-state index contributed by atoms with van der Waals surface area (Å²) >= 11 is 1.58. The molecule has 1 atom stereocenters. The number of amides is 1. The van der Waals surface area contributed by atoms with Crippen molar-refractivity contribution in [1.29, 1.82) is 0 Å². The SMILES string of the molecule is CC(C)c1ccc(C(=O)N2CC[C@@H](N(C)Cc3cc(=O)[nH]c(N)n3)C2)s1. The topological polar surface area (TPSA) is 95.3 Å². The Labute approximate surface area is 156 Å². The molecular formula is C18H25N5O2S. The molecule has 140 valence electrons. The quantitative estimate of drug-likeness (QED) is 0.832. The Morgan fingerprint density at radius 2 is 2.27 bits per heavy atom. The lowest BCUT2D eigenvalue weighted by molar-refractivity contribution is 0.0784. The van der Waals surface area contributed by atoms with Crippen LogP contribution in [-0.4, -0.2) is 51.9 Å². The number of nitrogens with one attached hydrogen (secondary N) is 1. The standard InChI is InChI=1S/C18H25N5O2S/c1-11(2)14-4-5-15(26-14)17(25)23-7-6-13(10-23)22(3)9-12-8-16(24)21-18(19)20-12/h4-5,8,11,13H,6-7,9-10H2,1-3H3,(H3,19,20,21,24)/t13-/m1/s1. The molecule has 0 aromatic carbocycles. The highest BCUT2D eigenvalue weighted by molar-refractivity contribution is 7.14. The molecule has 2 aromatic heterocycles. The van der Waals surface area contributed by atoms with Gasteiger partial charge in [0.1, 0.15) is 0 Å². The van der Waals surface area contributed by atoms with E-state index in [4.69, 9.17) is 5.73 Å². The number of nitrogens with zero attached hydrogens (tertiary/aromatic N) is 3. The number of H-pyrrole nitrogens is 1. The average Bonchev–Trinajstić information content (AvgIpc) is 3.23. The van der Waals surface area contributed by atoms with Gasteiger partial charge in [-0.05, 0) is 31.5 Å². The van der Waals surface area contributed by atoms with Crippen LogP contribution in [0.2, 0.25) is 0 Å². The van der Waals surface area contributed by atoms with Gasteiger partial charge in [0, 0.05) is 36.6 Å². The molecule has 0 unspecified atom stereocenters. The van der Waals surface area contributed by atoms with Crippen LogP contribution in [0.3, 0.4) is 0 Å². The number of hydrogen-bond donors (Lipinski definition) is 2. The fourth-order valence-electron chi connectivity index (χ4n) is 3.21. The van der Waals surface area contributed by atoms with Crippen molar-refractivity contribution in [1.82, 2.24) is 19.8 Å². The minimum absolute atomic E-state index is 0.108. The van der Waals surface area contributed by atoms with Gasteiger partial charge < -0.3 is 10.6 Å². The predicted octanol–water partition coefficient (Wildman–Crippen LogP) is 1.88. The number of likely N-dealkylation sites (N-methyl/N-ethyl adjacent to an activating group) is 1. The monoisotopic (exact) mass is 375 g/mol. The van der Waals surface area contributed by atoms with Gasteiger partial charge in [0.2, 0.25) is 5.95 Å².